The molecular formula is C16H19N3OS. The van der Waals surface area contributed by atoms with Gasteiger partial charge in [-0.05, 0) is 59.5 Å². The zero-order valence-corrected chi connectivity index (χ0v) is 12.6. The Morgan fingerprint density at radius 2 is 2.05 bits per heavy atom. The molecule has 1 heterocycles. The predicted molar refractivity (Wildman–Crippen MR) is 87.2 cm³/mol. The van der Waals surface area contributed by atoms with Crippen molar-refractivity contribution in [2.75, 3.05) is 17.6 Å². The summed E-state index contributed by atoms with van der Waals surface area (Å²) in [7, 11) is 0. The van der Waals surface area contributed by atoms with Crippen LogP contribution in [-0.2, 0) is 11.3 Å². The van der Waals surface area contributed by atoms with Crippen molar-refractivity contribution in [2.45, 2.75) is 25.4 Å². The molecule has 3 rings (SSSR count). The number of carbonyl (C=O) groups excluding carboxylic acids is 1. The van der Waals surface area contributed by atoms with E-state index < -0.39 is 0 Å². The summed E-state index contributed by atoms with van der Waals surface area (Å²) in [5.41, 5.74) is 8.42. The molecule has 1 fully saturated rings. The molecule has 5 heteroatoms. The molecule has 0 bridgehead atoms. The lowest BCUT2D eigenvalue weighted by Crippen LogP contribution is -2.34. The molecule has 4 nitrogen and oxygen atoms in total. The molecule has 3 N–H and O–H groups in total. The molecule has 0 radical (unpaired) electrons. The molecule has 1 aliphatic rings. The molecule has 2 aromatic rings. The van der Waals surface area contributed by atoms with Crippen molar-refractivity contribution in [2.24, 2.45) is 0 Å². The molecule has 0 spiro atoms. The van der Waals surface area contributed by atoms with E-state index in [9.17, 15) is 4.79 Å². The molecule has 1 saturated carbocycles. The third-order valence-corrected chi connectivity index (χ3v) is 4.30. The minimum Gasteiger partial charge on any atom is -0.399 e. The van der Waals surface area contributed by atoms with Crippen molar-refractivity contribution < 1.29 is 4.79 Å². The van der Waals surface area contributed by atoms with Gasteiger partial charge in [0.1, 0.15) is 0 Å². The van der Waals surface area contributed by atoms with E-state index in [-0.39, 0.29) is 5.91 Å². The van der Waals surface area contributed by atoms with E-state index in [1.54, 1.807) is 23.5 Å². The van der Waals surface area contributed by atoms with Crippen LogP contribution in [0.1, 0.15) is 18.4 Å². The Morgan fingerprint density at radius 1 is 1.29 bits per heavy atom. The monoisotopic (exact) mass is 301 g/mol. The van der Waals surface area contributed by atoms with Crippen LogP contribution >= 0.6 is 11.3 Å². The Labute approximate surface area is 128 Å². The van der Waals surface area contributed by atoms with E-state index in [0.717, 1.165) is 12.2 Å². The van der Waals surface area contributed by atoms with Gasteiger partial charge in [-0.3, -0.25) is 9.69 Å². The number of thiophene rings is 1. The zero-order chi connectivity index (χ0) is 14.7. The van der Waals surface area contributed by atoms with Crippen molar-refractivity contribution in [3.05, 3.63) is 46.7 Å². The van der Waals surface area contributed by atoms with Crippen LogP contribution in [0.2, 0.25) is 0 Å². The van der Waals surface area contributed by atoms with Crippen LogP contribution in [0.25, 0.3) is 0 Å². The van der Waals surface area contributed by atoms with Crippen LogP contribution in [0.3, 0.4) is 0 Å². The van der Waals surface area contributed by atoms with Gasteiger partial charge in [0.25, 0.3) is 0 Å². The SMILES string of the molecule is Nc1ccc(NC(=O)CN(Cc2ccsc2)C2CC2)cc1. The van der Waals surface area contributed by atoms with Crippen molar-refractivity contribution >= 4 is 28.6 Å². The second-order valence-electron chi connectivity index (χ2n) is 5.44. The fraction of sp³-hybridized carbons (Fsp3) is 0.312. The number of nitrogens with one attached hydrogen (secondary N) is 1. The standard InChI is InChI=1S/C16H19N3OS/c17-13-1-3-14(4-2-13)18-16(20)10-19(15-5-6-15)9-12-7-8-21-11-12/h1-4,7-8,11,15H,5-6,9-10,17H2,(H,18,20). The highest BCUT2D eigenvalue weighted by molar-refractivity contribution is 7.07. The average Bonchev–Trinajstić information content (AvgIpc) is 3.19. The Morgan fingerprint density at radius 3 is 2.67 bits per heavy atom. The Balaban J connectivity index is 1.57. The first-order valence-corrected chi connectivity index (χ1v) is 8.05. The summed E-state index contributed by atoms with van der Waals surface area (Å²) in [5, 5.41) is 7.15. The molecule has 1 aliphatic carbocycles. The number of amides is 1. The first kappa shape index (κ1) is 14.1. The lowest BCUT2D eigenvalue weighted by atomic mass is 10.2. The van der Waals surface area contributed by atoms with Crippen molar-refractivity contribution in [3.63, 3.8) is 0 Å². The summed E-state index contributed by atoms with van der Waals surface area (Å²) in [5.74, 6) is 0.0295. The van der Waals surface area contributed by atoms with Gasteiger partial charge in [0, 0.05) is 24.0 Å². The summed E-state index contributed by atoms with van der Waals surface area (Å²) < 4.78 is 0. The van der Waals surface area contributed by atoms with Gasteiger partial charge in [0.05, 0.1) is 6.54 Å². The summed E-state index contributed by atoms with van der Waals surface area (Å²) in [6, 6.07) is 9.92. The highest BCUT2D eigenvalue weighted by atomic mass is 32.1. The number of nitrogens with two attached hydrogens (primary N) is 1. The van der Waals surface area contributed by atoms with Crippen LogP contribution in [0.4, 0.5) is 11.4 Å². The van der Waals surface area contributed by atoms with Gasteiger partial charge in [-0.25, -0.2) is 0 Å². The maximum Gasteiger partial charge on any atom is 0.238 e. The molecule has 0 aliphatic heterocycles. The number of carbonyl (C=O) groups is 1. The molecule has 0 saturated heterocycles. The first-order chi connectivity index (χ1) is 10.2. The second kappa shape index (κ2) is 6.28. The summed E-state index contributed by atoms with van der Waals surface area (Å²) in [6.07, 6.45) is 2.39. The quantitative estimate of drug-likeness (QED) is 0.807. The maximum atomic E-state index is 12.2. The van der Waals surface area contributed by atoms with Crippen LogP contribution < -0.4 is 11.1 Å². The fourth-order valence-corrected chi connectivity index (χ4v) is 2.98. The van der Waals surface area contributed by atoms with E-state index in [0.29, 0.717) is 18.3 Å². The molecule has 0 atom stereocenters. The van der Waals surface area contributed by atoms with Gasteiger partial charge in [-0.2, -0.15) is 11.3 Å². The largest absolute Gasteiger partial charge is 0.399 e. The molecule has 1 aromatic carbocycles. The lowest BCUT2D eigenvalue weighted by molar-refractivity contribution is -0.117. The fourth-order valence-electron chi connectivity index (χ4n) is 2.32. The van der Waals surface area contributed by atoms with Crippen molar-refractivity contribution in [1.29, 1.82) is 0 Å². The average molecular weight is 301 g/mol. The van der Waals surface area contributed by atoms with E-state index >= 15 is 0 Å². The van der Waals surface area contributed by atoms with Gasteiger partial charge in [-0.1, -0.05) is 0 Å². The predicted octanol–water partition coefficient (Wildman–Crippen LogP) is 2.93. The van der Waals surface area contributed by atoms with Crippen LogP contribution in [-0.4, -0.2) is 23.4 Å². The van der Waals surface area contributed by atoms with Crippen LogP contribution in [0.15, 0.2) is 41.1 Å². The third kappa shape index (κ3) is 4.06. The Kier molecular flexibility index (Phi) is 4.22. The third-order valence-electron chi connectivity index (χ3n) is 3.57. The maximum absolute atomic E-state index is 12.2. The second-order valence-corrected chi connectivity index (χ2v) is 6.22. The molecule has 21 heavy (non-hydrogen) atoms. The van der Waals surface area contributed by atoms with Gasteiger partial charge < -0.3 is 11.1 Å². The van der Waals surface area contributed by atoms with Crippen molar-refractivity contribution in [1.82, 2.24) is 4.90 Å². The van der Waals surface area contributed by atoms with E-state index in [1.165, 1.54) is 18.4 Å². The Bertz CT molecular complexity index is 590. The van der Waals surface area contributed by atoms with Crippen molar-refractivity contribution in [3.8, 4) is 0 Å². The van der Waals surface area contributed by atoms with E-state index in [4.69, 9.17) is 5.73 Å². The Hall–Kier alpha value is -1.85. The van der Waals surface area contributed by atoms with Gasteiger partial charge >= 0.3 is 0 Å². The van der Waals surface area contributed by atoms with E-state index in [1.807, 2.05) is 12.1 Å². The lowest BCUT2D eigenvalue weighted by Gasteiger charge is -2.20. The topological polar surface area (TPSA) is 58.4 Å². The zero-order valence-electron chi connectivity index (χ0n) is 11.8. The number of anilines is 2. The molecule has 1 amide bonds. The molecule has 0 unspecified atom stereocenters. The van der Waals surface area contributed by atoms with Crippen LogP contribution in [0.5, 0.6) is 0 Å². The number of benzene rings is 1. The highest BCUT2D eigenvalue weighted by Gasteiger charge is 2.30. The number of hydrogen-bond donors (Lipinski definition) is 2. The first-order valence-electron chi connectivity index (χ1n) is 7.11. The number of hydrogen-bond acceptors (Lipinski definition) is 4. The van der Waals surface area contributed by atoms with Crippen LogP contribution in [0, 0.1) is 0 Å². The minimum atomic E-state index is 0.0295. The molecular weight excluding hydrogens is 282 g/mol. The number of rotatable bonds is 6. The highest BCUT2D eigenvalue weighted by Crippen LogP contribution is 2.28. The molecule has 1 aromatic heterocycles. The molecule has 110 valence electrons. The van der Waals surface area contributed by atoms with Gasteiger partial charge in [0.2, 0.25) is 5.91 Å². The normalized spacial score (nSPS) is 14.3. The van der Waals surface area contributed by atoms with E-state index in [2.05, 4.69) is 27.0 Å². The summed E-state index contributed by atoms with van der Waals surface area (Å²) >= 11 is 1.70. The minimum absolute atomic E-state index is 0.0295. The summed E-state index contributed by atoms with van der Waals surface area (Å²) in [4.78, 5) is 14.4. The van der Waals surface area contributed by atoms with Gasteiger partial charge in [0.15, 0.2) is 0 Å². The van der Waals surface area contributed by atoms with Gasteiger partial charge in [-0.15, -0.1) is 0 Å². The number of nitrogen functional groups attached to an aromatic ring is 1. The number of nitrogens with zero attached hydrogens (tertiary/aromatic N) is 1. The smallest absolute Gasteiger partial charge is 0.238 e. The summed E-state index contributed by atoms with van der Waals surface area (Å²) in [6.45, 7) is 1.29.